The van der Waals surface area contributed by atoms with Crippen LogP contribution in [-0.4, -0.2) is 65.2 Å². The van der Waals surface area contributed by atoms with Crippen molar-refractivity contribution in [3.63, 3.8) is 0 Å². The highest BCUT2D eigenvalue weighted by atomic mass is 32.2. The van der Waals surface area contributed by atoms with Crippen LogP contribution >= 0.6 is 0 Å². The molecule has 1 fully saturated rings. The van der Waals surface area contributed by atoms with E-state index in [0.717, 1.165) is 12.8 Å². The first-order chi connectivity index (χ1) is 12.8. The summed E-state index contributed by atoms with van der Waals surface area (Å²) in [6, 6.07) is 4.06. The number of hydrogen-bond acceptors (Lipinski definition) is 7. The molecular weight excluding hydrogens is 376 g/mol. The van der Waals surface area contributed by atoms with E-state index < -0.39 is 28.6 Å². The third-order valence-corrected chi connectivity index (χ3v) is 5.54. The minimum atomic E-state index is -3.97. The second kappa shape index (κ2) is 9.05. The van der Waals surface area contributed by atoms with Crippen LogP contribution in [-0.2, 0) is 24.3 Å². The van der Waals surface area contributed by atoms with Gasteiger partial charge in [0.25, 0.3) is 5.91 Å². The van der Waals surface area contributed by atoms with Crippen molar-refractivity contribution in [2.45, 2.75) is 30.8 Å². The van der Waals surface area contributed by atoms with Crippen LogP contribution < -0.4 is 14.2 Å². The fraction of sp³-hybridized carbons (Fsp3) is 0.529. The Kier molecular flexibility index (Phi) is 7.03. The summed E-state index contributed by atoms with van der Waals surface area (Å²) in [5.74, 6) is -0.486. The average molecular weight is 400 g/mol. The Balaban J connectivity index is 1.94. The molecule has 10 heteroatoms. The highest BCUT2D eigenvalue weighted by Crippen LogP contribution is 2.29. The number of nitrogens with one attached hydrogen (secondary N) is 1. The van der Waals surface area contributed by atoms with Gasteiger partial charge in [-0.15, -0.1) is 0 Å². The van der Waals surface area contributed by atoms with E-state index in [-0.39, 0.29) is 16.6 Å². The van der Waals surface area contributed by atoms with Crippen molar-refractivity contribution in [3.8, 4) is 11.5 Å². The van der Waals surface area contributed by atoms with Crippen molar-refractivity contribution >= 4 is 21.9 Å². The summed E-state index contributed by atoms with van der Waals surface area (Å²) in [6.45, 7) is 2.18. The second-order valence-electron chi connectivity index (χ2n) is 6.01. The van der Waals surface area contributed by atoms with Crippen molar-refractivity contribution in [1.82, 2.24) is 9.62 Å². The van der Waals surface area contributed by atoms with Gasteiger partial charge < -0.3 is 19.1 Å². The summed E-state index contributed by atoms with van der Waals surface area (Å²) < 4.78 is 42.0. The molecule has 150 valence electrons. The van der Waals surface area contributed by atoms with Crippen molar-refractivity contribution in [1.29, 1.82) is 0 Å². The van der Waals surface area contributed by atoms with E-state index in [1.807, 2.05) is 0 Å². The molecule has 1 atom stereocenters. The molecule has 1 saturated heterocycles. The van der Waals surface area contributed by atoms with Crippen LogP contribution in [0, 0.1) is 0 Å². The maximum atomic E-state index is 12.3. The van der Waals surface area contributed by atoms with Crippen molar-refractivity contribution < 1.29 is 32.2 Å². The molecule has 0 bridgehead atoms. The number of nitrogens with zero attached hydrogens (tertiary/aromatic N) is 1. The van der Waals surface area contributed by atoms with Crippen molar-refractivity contribution in [3.05, 3.63) is 18.2 Å². The zero-order chi connectivity index (χ0) is 20.0. The fourth-order valence-electron chi connectivity index (χ4n) is 2.70. The number of carbonyl (C=O) groups excluding carboxylic acids is 2. The number of amides is 1. The van der Waals surface area contributed by atoms with Gasteiger partial charge in [0, 0.05) is 19.2 Å². The third-order valence-electron chi connectivity index (χ3n) is 4.15. The number of esters is 1. The Bertz CT molecular complexity index is 788. The van der Waals surface area contributed by atoms with E-state index >= 15 is 0 Å². The zero-order valence-corrected chi connectivity index (χ0v) is 16.4. The predicted octanol–water partition coefficient (Wildman–Crippen LogP) is 0.536. The molecule has 1 aliphatic rings. The monoisotopic (exact) mass is 400 g/mol. The molecule has 0 aromatic heterocycles. The number of likely N-dealkylation sites (tertiary alicyclic amines) is 1. The summed E-state index contributed by atoms with van der Waals surface area (Å²) in [5.41, 5.74) is 0. The van der Waals surface area contributed by atoms with Crippen LogP contribution in [0.4, 0.5) is 0 Å². The first-order valence-corrected chi connectivity index (χ1v) is 9.96. The third kappa shape index (κ3) is 5.33. The highest BCUT2D eigenvalue weighted by Gasteiger charge is 2.26. The molecule has 1 aromatic rings. The number of ether oxygens (including phenoxy) is 3. The molecule has 1 aliphatic heterocycles. The smallest absolute Gasteiger partial charge is 0.321 e. The van der Waals surface area contributed by atoms with E-state index in [0.29, 0.717) is 18.8 Å². The van der Waals surface area contributed by atoms with Gasteiger partial charge in [-0.05, 0) is 31.9 Å². The van der Waals surface area contributed by atoms with E-state index in [4.69, 9.17) is 14.2 Å². The Morgan fingerprint density at radius 1 is 1.15 bits per heavy atom. The van der Waals surface area contributed by atoms with Gasteiger partial charge in [0.05, 0.1) is 19.1 Å². The quantitative estimate of drug-likeness (QED) is 0.634. The molecule has 0 aliphatic carbocycles. The van der Waals surface area contributed by atoms with Gasteiger partial charge in [-0.3, -0.25) is 9.59 Å². The first-order valence-electron chi connectivity index (χ1n) is 8.48. The summed E-state index contributed by atoms with van der Waals surface area (Å²) in [5, 5.41) is 0. The number of carbonyl (C=O) groups is 2. The zero-order valence-electron chi connectivity index (χ0n) is 15.6. The minimum Gasteiger partial charge on any atom is -0.493 e. The molecule has 1 N–H and O–H groups in total. The normalized spacial score (nSPS) is 15.3. The highest BCUT2D eigenvalue weighted by molar-refractivity contribution is 7.89. The maximum absolute atomic E-state index is 12.3. The van der Waals surface area contributed by atoms with Crippen LogP contribution in [0.3, 0.4) is 0 Å². The predicted molar refractivity (Wildman–Crippen MR) is 96.1 cm³/mol. The molecule has 0 radical (unpaired) electrons. The standard InChI is InChI=1S/C17H24N2O7S/c1-12(17(21)19-8-4-5-9-19)26-16(20)11-18-27(22,23)13-6-7-14(24-2)15(10-13)25-3/h6-7,10,12,18H,4-5,8-9,11H2,1-3H3/t12-/m1/s1. The fourth-order valence-corrected chi connectivity index (χ4v) is 3.69. The van der Waals surface area contributed by atoms with Gasteiger partial charge in [-0.2, -0.15) is 4.72 Å². The lowest BCUT2D eigenvalue weighted by atomic mass is 10.3. The van der Waals surface area contributed by atoms with E-state index in [9.17, 15) is 18.0 Å². The van der Waals surface area contributed by atoms with E-state index in [1.165, 1.54) is 39.3 Å². The molecule has 0 unspecified atom stereocenters. The van der Waals surface area contributed by atoms with Gasteiger partial charge in [0.15, 0.2) is 17.6 Å². The van der Waals surface area contributed by atoms with Gasteiger partial charge in [-0.25, -0.2) is 8.42 Å². The Labute approximate surface area is 158 Å². The van der Waals surface area contributed by atoms with Crippen LogP contribution in [0.15, 0.2) is 23.1 Å². The molecular formula is C17H24N2O7S. The van der Waals surface area contributed by atoms with E-state index in [1.54, 1.807) is 4.90 Å². The second-order valence-corrected chi connectivity index (χ2v) is 7.77. The molecule has 9 nitrogen and oxygen atoms in total. The largest absolute Gasteiger partial charge is 0.493 e. The number of rotatable bonds is 8. The molecule has 27 heavy (non-hydrogen) atoms. The molecule has 0 saturated carbocycles. The topological polar surface area (TPSA) is 111 Å². The van der Waals surface area contributed by atoms with Crippen LogP contribution in [0.2, 0.25) is 0 Å². The summed E-state index contributed by atoms with van der Waals surface area (Å²) in [4.78, 5) is 25.6. The van der Waals surface area contributed by atoms with Gasteiger partial charge >= 0.3 is 5.97 Å². The molecule has 0 spiro atoms. The lowest BCUT2D eigenvalue weighted by Gasteiger charge is -2.20. The lowest BCUT2D eigenvalue weighted by Crippen LogP contribution is -2.40. The van der Waals surface area contributed by atoms with Crippen LogP contribution in [0.25, 0.3) is 0 Å². The number of methoxy groups -OCH3 is 2. The van der Waals surface area contributed by atoms with Gasteiger partial charge in [0.2, 0.25) is 10.0 Å². The number of benzene rings is 1. The Hall–Kier alpha value is -2.33. The summed E-state index contributed by atoms with van der Waals surface area (Å²) in [6.07, 6.45) is 0.899. The van der Waals surface area contributed by atoms with E-state index in [2.05, 4.69) is 4.72 Å². The molecule has 1 heterocycles. The average Bonchev–Trinajstić information content (AvgIpc) is 3.19. The van der Waals surface area contributed by atoms with Crippen LogP contribution in [0.1, 0.15) is 19.8 Å². The first kappa shape index (κ1) is 21.0. The SMILES string of the molecule is COc1ccc(S(=O)(=O)NCC(=O)O[C@H](C)C(=O)N2CCCC2)cc1OC. The maximum Gasteiger partial charge on any atom is 0.321 e. The molecule has 1 aromatic carbocycles. The van der Waals surface area contributed by atoms with Crippen molar-refractivity contribution in [2.24, 2.45) is 0 Å². The molecule has 1 amide bonds. The number of sulfonamides is 1. The Morgan fingerprint density at radius 2 is 1.78 bits per heavy atom. The Morgan fingerprint density at radius 3 is 2.37 bits per heavy atom. The van der Waals surface area contributed by atoms with Crippen LogP contribution in [0.5, 0.6) is 11.5 Å². The minimum absolute atomic E-state index is 0.0888. The number of hydrogen-bond donors (Lipinski definition) is 1. The summed E-state index contributed by atoms with van der Waals surface area (Å²) >= 11 is 0. The molecule has 2 rings (SSSR count). The summed E-state index contributed by atoms with van der Waals surface area (Å²) in [7, 11) is -1.14. The van der Waals surface area contributed by atoms with Crippen molar-refractivity contribution in [2.75, 3.05) is 33.9 Å². The lowest BCUT2D eigenvalue weighted by molar-refractivity contribution is -0.157. The van der Waals surface area contributed by atoms with Gasteiger partial charge in [-0.1, -0.05) is 0 Å². The van der Waals surface area contributed by atoms with Gasteiger partial charge in [0.1, 0.15) is 6.54 Å².